The summed E-state index contributed by atoms with van der Waals surface area (Å²) >= 11 is 0. The second-order valence-electron chi connectivity index (χ2n) is 0.983. The molecule has 0 radical (unpaired) electrons. The number of carbonyl (C=O) groups is 2. The number of hydrogen-bond donors (Lipinski definition) is 4. The normalized spacial score (nSPS) is 3.85. The van der Waals surface area contributed by atoms with E-state index in [9.17, 15) is 0 Å². The molecule has 0 saturated carbocycles. The third kappa shape index (κ3) is 3280. The van der Waals surface area contributed by atoms with E-state index in [2.05, 4.69) is 0 Å². The largest absolute Gasteiger partial charge is 2.00 e. The van der Waals surface area contributed by atoms with Gasteiger partial charge < -0.3 is 44.4 Å². The maximum absolute atomic E-state index is 8.89. The SMILES string of the molecule is CC(=O)[O-].CC(=O)[O-].N.N.N.N.[Pd+2]. The van der Waals surface area contributed by atoms with Crippen molar-refractivity contribution in [3.63, 3.8) is 0 Å². The molecule has 0 aromatic rings. The quantitative estimate of drug-likeness (QED) is 0.370. The third-order valence-corrected chi connectivity index (χ3v) is 0. The molecule has 9 heteroatoms. The number of carboxylic acid groups (broad SMARTS) is 2. The molecule has 12 N–H and O–H groups in total. The fraction of sp³-hybridized carbons (Fsp3) is 0.500. The first kappa shape index (κ1) is 55.0. The van der Waals surface area contributed by atoms with Gasteiger partial charge >= 0.3 is 20.4 Å². The van der Waals surface area contributed by atoms with Gasteiger partial charge in [0.2, 0.25) is 0 Å². The molecule has 0 spiro atoms. The van der Waals surface area contributed by atoms with Crippen LogP contribution in [0.5, 0.6) is 0 Å². The van der Waals surface area contributed by atoms with Gasteiger partial charge in [-0.25, -0.2) is 0 Å². The molecule has 0 bridgehead atoms. The maximum atomic E-state index is 8.89. The van der Waals surface area contributed by atoms with Crippen LogP contribution in [0.15, 0.2) is 0 Å². The average molecular weight is 293 g/mol. The smallest absolute Gasteiger partial charge is 0.550 e. The van der Waals surface area contributed by atoms with E-state index in [0.29, 0.717) is 0 Å². The van der Waals surface area contributed by atoms with Crippen molar-refractivity contribution in [1.29, 1.82) is 0 Å². The first-order valence-electron chi connectivity index (χ1n) is 1.82. The predicted molar refractivity (Wildman–Crippen MR) is 41.5 cm³/mol. The number of rotatable bonds is 0. The molecule has 0 fully saturated rings. The summed E-state index contributed by atoms with van der Waals surface area (Å²) in [5, 5.41) is 17.8. The summed E-state index contributed by atoms with van der Waals surface area (Å²) in [6.07, 6.45) is 0. The standard InChI is InChI=1S/2C2H4O2.4H3N.Pd/c2*1-2(3)4;;;;;/h2*1H3,(H,3,4);4*1H3;/q;;;;;;+2/p-2. The van der Waals surface area contributed by atoms with E-state index in [4.69, 9.17) is 19.8 Å². The summed E-state index contributed by atoms with van der Waals surface area (Å²) < 4.78 is 0. The summed E-state index contributed by atoms with van der Waals surface area (Å²) in [6.45, 7) is 1.94. The monoisotopic (exact) mass is 292 g/mol. The van der Waals surface area contributed by atoms with Crippen LogP contribution in [-0.4, -0.2) is 11.9 Å². The van der Waals surface area contributed by atoms with Crippen molar-refractivity contribution in [1.82, 2.24) is 24.6 Å². The van der Waals surface area contributed by atoms with Gasteiger partial charge in [0.15, 0.2) is 0 Å². The van der Waals surface area contributed by atoms with E-state index >= 15 is 0 Å². The number of aliphatic carboxylic acids is 2. The van der Waals surface area contributed by atoms with Gasteiger partial charge in [-0.2, -0.15) is 0 Å². The Kier molecular flexibility index (Phi) is 178. The zero-order chi connectivity index (χ0) is 7.15. The number of carbonyl (C=O) groups excluding carboxylic acids is 2. The first-order valence-corrected chi connectivity index (χ1v) is 1.82. The van der Waals surface area contributed by atoms with Crippen LogP contribution >= 0.6 is 0 Å². The van der Waals surface area contributed by atoms with E-state index in [-0.39, 0.29) is 45.0 Å². The minimum Gasteiger partial charge on any atom is -0.550 e. The minimum atomic E-state index is -1.08. The summed E-state index contributed by atoms with van der Waals surface area (Å²) in [6, 6.07) is 0. The van der Waals surface area contributed by atoms with Crippen molar-refractivity contribution in [2.75, 3.05) is 0 Å². The van der Waals surface area contributed by atoms with Crippen LogP contribution in [0.2, 0.25) is 0 Å². The van der Waals surface area contributed by atoms with Gasteiger partial charge in [-0.1, -0.05) is 0 Å². The van der Waals surface area contributed by atoms with Crippen molar-refractivity contribution in [3.05, 3.63) is 0 Å². The van der Waals surface area contributed by atoms with E-state index in [1.54, 1.807) is 0 Å². The predicted octanol–water partition coefficient (Wildman–Crippen LogP) is -1.84. The Hall–Kier alpha value is -0.558. The van der Waals surface area contributed by atoms with E-state index in [0.717, 1.165) is 13.8 Å². The van der Waals surface area contributed by atoms with E-state index in [1.165, 1.54) is 0 Å². The Morgan fingerprint density at radius 2 is 0.769 bits per heavy atom. The average Bonchev–Trinajstić information content (AvgIpc) is 1.25. The molecular weight excluding hydrogens is 274 g/mol. The van der Waals surface area contributed by atoms with Crippen LogP contribution in [-0.2, 0) is 30.0 Å². The molecular formula is C4H18N4O4Pd. The summed E-state index contributed by atoms with van der Waals surface area (Å²) in [5.41, 5.74) is 0. The van der Waals surface area contributed by atoms with E-state index < -0.39 is 11.9 Å². The van der Waals surface area contributed by atoms with Crippen molar-refractivity contribution in [2.24, 2.45) is 0 Å². The fourth-order valence-electron chi connectivity index (χ4n) is 0. The zero-order valence-electron chi connectivity index (χ0n) is 7.78. The van der Waals surface area contributed by atoms with Crippen molar-refractivity contribution >= 4 is 11.9 Å². The Balaban J connectivity index is -0.00000000800. The maximum Gasteiger partial charge on any atom is 2.00 e. The first-order chi connectivity index (χ1) is 3.46. The number of carboxylic acids is 2. The molecule has 0 aromatic heterocycles. The molecule has 88 valence electrons. The van der Waals surface area contributed by atoms with Gasteiger partial charge in [-0.05, 0) is 13.8 Å². The molecule has 0 rings (SSSR count). The van der Waals surface area contributed by atoms with Crippen LogP contribution in [0.1, 0.15) is 13.8 Å². The second kappa shape index (κ2) is 42.1. The van der Waals surface area contributed by atoms with E-state index in [1.807, 2.05) is 0 Å². The molecule has 13 heavy (non-hydrogen) atoms. The summed E-state index contributed by atoms with van der Waals surface area (Å²) in [4.78, 5) is 17.8. The molecule has 0 amide bonds. The molecule has 0 aliphatic heterocycles. The minimum absolute atomic E-state index is 0. The molecule has 0 heterocycles. The molecule has 0 unspecified atom stereocenters. The van der Waals surface area contributed by atoms with Gasteiger partial charge in [0.25, 0.3) is 0 Å². The molecule has 0 atom stereocenters. The molecule has 0 saturated heterocycles. The Bertz CT molecular complexity index is 82.1. The van der Waals surface area contributed by atoms with Crippen molar-refractivity contribution < 1.29 is 40.2 Å². The van der Waals surface area contributed by atoms with Crippen molar-refractivity contribution in [2.45, 2.75) is 13.8 Å². The van der Waals surface area contributed by atoms with Crippen LogP contribution in [0.3, 0.4) is 0 Å². The molecule has 0 aliphatic carbocycles. The van der Waals surface area contributed by atoms with Gasteiger partial charge in [-0.15, -0.1) is 0 Å². The Morgan fingerprint density at radius 3 is 0.769 bits per heavy atom. The van der Waals surface area contributed by atoms with Gasteiger partial charge in [-0.3, -0.25) is 0 Å². The van der Waals surface area contributed by atoms with Crippen LogP contribution in [0.25, 0.3) is 0 Å². The zero-order valence-corrected chi connectivity index (χ0v) is 9.33. The van der Waals surface area contributed by atoms with Crippen molar-refractivity contribution in [3.8, 4) is 0 Å². The second-order valence-corrected chi connectivity index (χ2v) is 0.983. The summed E-state index contributed by atoms with van der Waals surface area (Å²) in [5.74, 6) is -2.17. The topological polar surface area (TPSA) is 220 Å². The van der Waals surface area contributed by atoms with Crippen LogP contribution in [0.4, 0.5) is 0 Å². The van der Waals surface area contributed by atoms with Gasteiger partial charge in [0.1, 0.15) is 0 Å². The Morgan fingerprint density at radius 1 is 0.769 bits per heavy atom. The van der Waals surface area contributed by atoms with Crippen LogP contribution < -0.4 is 34.8 Å². The molecule has 8 nitrogen and oxygen atoms in total. The molecule has 0 aliphatic rings. The Labute approximate surface area is 91.1 Å². The van der Waals surface area contributed by atoms with Gasteiger partial charge in [0.05, 0.1) is 0 Å². The van der Waals surface area contributed by atoms with Crippen LogP contribution in [0, 0.1) is 0 Å². The third-order valence-electron chi connectivity index (χ3n) is 0. The fourth-order valence-corrected chi connectivity index (χ4v) is 0. The van der Waals surface area contributed by atoms with Gasteiger partial charge in [0, 0.05) is 11.9 Å². The number of hydrogen-bond acceptors (Lipinski definition) is 8. The summed E-state index contributed by atoms with van der Waals surface area (Å²) in [7, 11) is 0. The molecule has 0 aromatic carbocycles.